The number of rotatable bonds is 8. The molecular weight excluding hydrogens is 400 g/mol. The van der Waals surface area contributed by atoms with Crippen LogP contribution >= 0.6 is 11.6 Å². The lowest BCUT2D eigenvalue weighted by Gasteiger charge is -2.17. The molecule has 0 aliphatic rings. The molecule has 2 aromatic rings. The fourth-order valence-electron chi connectivity index (χ4n) is 2.35. The molecule has 0 heterocycles. The fraction of sp³-hybridized carbons (Fsp3) is 0.211. The van der Waals surface area contributed by atoms with Crippen molar-refractivity contribution in [1.82, 2.24) is 10.2 Å². The number of nitro groups is 1. The van der Waals surface area contributed by atoms with Crippen LogP contribution in [-0.2, 0) is 9.59 Å². The Morgan fingerprint density at radius 3 is 2.28 bits per heavy atom. The maximum absolute atomic E-state index is 12.1. The quantitative estimate of drug-likeness (QED) is 0.503. The highest BCUT2D eigenvalue weighted by atomic mass is 35.5. The van der Waals surface area contributed by atoms with Gasteiger partial charge in [-0.15, -0.1) is 0 Å². The van der Waals surface area contributed by atoms with E-state index in [9.17, 15) is 24.5 Å². The predicted molar refractivity (Wildman–Crippen MR) is 108 cm³/mol. The Balaban J connectivity index is 1.74. The number of hydrogen-bond acceptors (Lipinski definition) is 5. The summed E-state index contributed by atoms with van der Waals surface area (Å²) in [6, 6.07) is 11.7. The minimum atomic E-state index is -0.556. The number of hydrogen-bond donors (Lipinski definition) is 2. The monoisotopic (exact) mass is 418 g/mol. The van der Waals surface area contributed by atoms with Crippen LogP contribution in [0.5, 0.6) is 0 Å². The van der Waals surface area contributed by atoms with Crippen molar-refractivity contribution in [2.75, 3.05) is 25.5 Å². The third-order valence-electron chi connectivity index (χ3n) is 3.90. The zero-order chi connectivity index (χ0) is 21.4. The van der Waals surface area contributed by atoms with Gasteiger partial charge in [0.25, 0.3) is 11.6 Å². The molecule has 0 radical (unpaired) electrons. The van der Waals surface area contributed by atoms with E-state index in [4.69, 9.17) is 11.6 Å². The van der Waals surface area contributed by atoms with Crippen molar-refractivity contribution in [2.45, 2.75) is 6.42 Å². The summed E-state index contributed by atoms with van der Waals surface area (Å²) in [5, 5.41) is 16.4. The van der Waals surface area contributed by atoms with Crippen LogP contribution in [0.15, 0.2) is 48.5 Å². The lowest BCUT2D eigenvalue weighted by molar-refractivity contribution is -0.384. The summed E-state index contributed by atoms with van der Waals surface area (Å²) < 4.78 is 0. The van der Waals surface area contributed by atoms with Crippen molar-refractivity contribution in [2.24, 2.45) is 0 Å². The summed E-state index contributed by atoms with van der Waals surface area (Å²) in [5.41, 5.74) is 0.699. The molecular formula is C19H19ClN4O5. The number of anilines is 1. The Labute approximate surface area is 171 Å². The van der Waals surface area contributed by atoms with E-state index in [0.717, 1.165) is 0 Å². The first-order valence-corrected chi connectivity index (χ1v) is 8.96. The summed E-state index contributed by atoms with van der Waals surface area (Å²) in [6.45, 7) is -0.0739. The van der Waals surface area contributed by atoms with Gasteiger partial charge in [0.2, 0.25) is 11.8 Å². The van der Waals surface area contributed by atoms with Crippen LogP contribution in [0.1, 0.15) is 16.8 Å². The molecule has 152 valence electrons. The topological polar surface area (TPSA) is 122 Å². The average Bonchev–Trinajstić information content (AvgIpc) is 2.69. The highest BCUT2D eigenvalue weighted by Crippen LogP contribution is 2.13. The summed E-state index contributed by atoms with van der Waals surface area (Å²) >= 11 is 5.78. The van der Waals surface area contributed by atoms with Gasteiger partial charge in [0.15, 0.2) is 0 Å². The van der Waals surface area contributed by atoms with Gasteiger partial charge in [-0.1, -0.05) is 11.6 Å². The molecule has 0 saturated carbocycles. The fourth-order valence-corrected chi connectivity index (χ4v) is 2.47. The van der Waals surface area contributed by atoms with Gasteiger partial charge in [0.1, 0.15) is 0 Å². The molecule has 29 heavy (non-hydrogen) atoms. The van der Waals surface area contributed by atoms with E-state index in [1.807, 2.05) is 0 Å². The van der Waals surface area contributed by atoms with E-state index in [1.165, 1.54) is 36.2 Å². The number of carbonyl (C=O) groups excluding carboxylic acids is 3. The maximum atomic E-state index is 12.1. The first-order chi connectivity index (χ1) is 13.8. The summed E-state index contributed by atoms with van der Waals surface area (Å²) in [5.74, 6) is -1.13. The van der Waals surface area contributed by atoms with Crippen LogP contribution in [0.25, 0.3) is 0 Å². The van der Waals surface area contributed by atoms with Crippen LogP contribution in [0.2, 0.25) is 5.02 Å². The number of nitro benzene ring substituents is 1. The average molecular weight is 419 g/mol. The summed E-state index contributed by atoms with van der Waals surface area (Å²) in [6.07, 6.45) is 0.00342. The molecule has 0 atom stereocenters. The first-order valence-electron chi connectivity index (χ1n) is 8.58. The predicted octanol–water partition coefficient (Wildman–Crippen LogP) is 2.47. The molecule has 9 nitrogen and oxygen atoms in total. The van der Waals surface area contributed by atoms with E-state index >= 15 is 0 Å². The molecule has 0 aliphatic carbocycles. The van der Waals surface area contributed by atoms with Crippen molar-refractivity contribution >= 4 is 40.7 Å². The molecule has 0 spiro atoms. The molecule has 3 amide bonds. The van der Waals surface area contributed by atoms with E-state index < -0.39 is 10.8 Å². The lowest BCUT2D eigenvalue weighted by Crippen LogP contribution is -2.37. The summed E-state index contributed by atoms with van der Waals surface area (Å²) in [4.78, 5) is 47.4. The third kappa shape index (κ3) is 6.89. The minimum absolute atomic E-state index is 0.00342. The molecule has 0 aromatic heterocycles. The molecule has 0 aliphatic heterocycles. The third-order valence-corrected chi connectivity index (χ3v) is 4.15. The maximum Gasteiger partial charge on any atom is 0.269 e. The van der Waals surface area contributed by atoms with Crippen molar-refractivity contribution in [3.05, 3.63) is 69.2 Å². The van der Waals surface area contributed by atoms with Crippen molar-refractivity contribution in [1.29, 1.82) is 0 Å². The molecule has 0 bridgehead atoms. The van der Waals surface area contributed by atoms with Crippen LogP contribution in [-0.4, -0.2) is 47.7 Å². The van der Waals surface area contributed by atoms with Crippen molar-refractivity contribution < 1.29 is 19.3 Å². The lowest BCUT2D eigenvalue weighted by atomic mass is 10.2. The molecule has 2 aromatic carbocycles. The van der Waals surface area contributed by atoms with E-state index in [-0.39, 0.29) is 42.6 Å². The number of halogens is 1. The van der Waals surface area contributed by atoms with Crippen LogP contribution in [0.4, 0.5) is 11.4 Å². The standard InChI is InChI=1S/C19H19ClN4O5/c1-23(12-17(25)22-15-6-4-14(20)5-7-15)18(26)10-11-21-19(27)13-2-8-16(9-3-13)24(28)29/h2-9H,10-12H2,1H3,(H,21,27)(H,22,25). The molecule has 10 heteroatoms. The van der Waals surface area contributed by atoms with E-state index in [2.05, 4.69) is 10.6 Å². The first kappa shape index (κ1) is 21.8. The van der Waals surface area contributed by atoms with Gasteiger partial charge in [-0.2, -0.15) is 0 Å². The van der Waals surface area contributed by atoms with Gasteiger partial charge in [-0.3, -0.25) is 24.5 Å². The Kier molecular flexibility index (Phi) is 7.67. The number of benzene rings is 2. The Morgan fingerprint density at radius 2 is 1.69 bits per heavy atom. The van der Waals surface area contributed by atoms with E-state index in [0.29, 0.717) is 10.7 Å². The summed E-state index contributed by atoms with van der Waals surface area (Å²) in [7, 11) is 1.49. The Hall–Kier alpha value is -3.46. The molecule has 0 saturated heterocycles. The zero-order valence-electron chi connectivity index (χ0n) is 15.6. The Morgan fingerprint density at radius 1 is 1.07 bits per heavy atom. The SMILES string of the molecule is CN(CC(=O)Nc1ccc(Cl)cc1)C(=O)CCNC(=O)c1ccc([N+](=O)[O-])cc1. The second kappa shape index (κ2) is 10.2. The normalized spacial score (nSPS) is 10.1. The number of likely N-dealkylation sites (N-methyl/N-ethyl adjacent to an activating group) is 1. The van der Waals surface area contributed by atoms with Gasteiger partial charge in [-0.05, 0) is 36.4 Å². The van der Waals surface area contributed by atoms with Gasteiger partial charge in [0.05, 0.1) is 11.5 Å². The molecule has 2 rings (SSSR count). The second-order valence-corrected chi connectivity index (χ2v) is 6.55. The molecule has 2 N–H and O–H groups in total. The highest BCUT2D eigenvalue weighted by Gasteiger charge is 2.14. The van der Waals surface area contributed by atoms with Crippen LogP contribution in [0, 0.1) is 10.1 Å². The second-order valence-electron chi connectivity index (χ2n) is 6.11. The van der Waals surface area contributed by atoms with Gasteiger partial charge < -0.3 is 15.5 Å². The number of amides is 3. The van der Waals surface area contributed by atoms with E-state index in [1.54, 1.807) is 24.3 Å². The number of non-ortho nitro benzene ring substituents is 1. The number of carbonyl (C=O) groups is 3. The van der Waals surface area contributed by atoms with Crippen molar-refractivity contribution in [3.8, 4) is 0 Å². The molecule has 0 fully saturated rings. The Bertz CT molecular complexity index is 900. The number of nitrogens with zero attached hydrogens (tertiary/aromatic N) is 2. The van der Waals surface area contributed by atoms with Crippen LogP contribution in [0.3, 0.4) is 0 Å². The van der Waals surface area contributed by atoms with Crippen molar-refractivity contribution in [3.63, 3.8) is 0 Å². The largest absolute Gasteiger partial charge is 0.352 e. The van der Waals surface area contributed by atoms with Gasteiger partial charge >= 0.3 is 0 Å². The number of nitrogens with one attached hydrogen (secondary N) is 2. The molecule has 0 unspecified atom stereocenters. The zero-order valence-corrected chi connectivity index (χ0v) is 16.3. The van der Waals surface area contributed by atoms with Crippen LogP contribution < -0.4 is 10.6 Å². The van der Waals surface area contributed by atoms with Gasteiger partial charge in [0, 0.05) is 48.4 Å². The highest BCUT2D eigenvalue weighted by molar-refractivity contribution is 6.30. The smallest absolute Gasteiger partial charge is 0.269 e. The van der Waals surface area contributed by atoms with Gasteiger partial charge in [-0.25, -0.2) is 0 Å². The minimum Gasteiger partial charge on any atom is -0.352 e.